The van der Waals surface area contributed by atoms with Gasteiger partial charge in [-0.3, -0.25) is 4.79 Å². The van der Waals surface area contributed by atoms with Crippen molar-refractivity contribution in [2.24, 2.45) is 0 Å². The number of hydrogen-bond acceptors (Lipinski definition) is 7. The predicted molar refractivity (Wildman–Crippen MR) is 73.9 cm³/mol. The third kappa shape index (κ3) is 2.65. The minimum atomic E-state index is -3.82. The highest BCUT2D eigenvalue weighted by Gasteiger charge is 2.28. The van der Waals surface area contributed by atoms with E-state index in [2.05, 4.69) is 13.5 Å². The highest BCUT2D eigenvalue weighted by molar-refractivity contribution is 7.89. The maximum Gasteiger partial charge on any atom is 0.321 e. The van der Waals surface area contributed by atoms with Crippen LogP contribution in [0.5, 0.6) is 0 Å². The van der Waals surface area contributed by atoms with Gasteiger partial charge >= 0.3 is 5.97 Å². The van der Waals surface area contributed by atoms with Gasteiger partial charge < -0.3 is 4.74 Å². The van der Waals surface area contributed by atoms with E-state index >= 15 is 0 Å². The Morgan fingerprint density at radius 3 is 2.80 bits per heavy atom. The molecule has 108 valence electrons. The van der Waals surface area contributed by atoms with Gasteiger partial charge in [-0.05, 0) is 12.1 Å². The summed E-state index contributed by atoms with van der Waals surface area (Å²) in [5.74, 6) is -0.612. The first-order chi connectivity index (χ1) is 9.50. The molecule has 0 radical (unpaired) electrons. The van der Waals surface area contributed by atoms with Crippen LogP contribution in [0.4, 0.5) is 0 Å². The fraction of sp³-hybridized carbons (Fsp3) is 0.364. The van der Waals surface area contributed by atoms with Crippen LogP contribution < -0.4 is 0 Å². The molecule has 0 saturated carbocycles. The van der Waals surface area contributed by atoms with Gasteiger partial charge in [0.2, 0.25) is 10.0 Å². The molecule has 0 amide bonds. The first kappa shape index (κ1) is 14.8. The zero-order valence-corrected chi connectivity index (χ0v) is 12.6. The molecule has 2 rings (SSSR count). The summed E-state index contributed by atoms with van der Waals surface area (Å²) in [5.41, 5.74) is 0.839. The lowest BCUT2D eigenvalue weighted by Crippen LogP contribution is -2.36. The summed E-state index contributed by atoms with van der Waals surface area (Å²) in [4.78, 5) is 11.4. The summed E-state index contributed by atoms with van der Waals surface area (Å²) < 4.78 is 38.7. The minimum absolute atomic E-state index is 0.0505. The SMILES string of the molecule is CCN(CC(=O)OC)S(=O)(=O)c1cccc2nsnc12. The molecule has 1 aromatic heterocycles. The molecule has 2 aromatic rings. The summed E-state index contributed by atoms with van der Waals surface area (Å²) in [5, 5.41) is 0. The van der Waals surface area contributed by atoms with Crippen molar-refractivity contribution in [3.8, 4) is 0 Å². The predicted octanol–water partition coefficient (Wildman–Crippen LogP) is 0.875. The number of likely N-dealkylation sites (N-methyl/N-ethyl adjacent to an activating group) is 1. The Hall–Kier alpha value is -1.58. The molecule has 0 atom stereocenters. The van der Waals surface area contributed by atoms with Crippen LogP contribution in [0.1, 0.15) is 6.92 Å². The Labute approximate surface area is 120 Å². The van der Waals surface area contributed by atoms with Gasteiger partial charge in [0, 0.05) is 6.54 Å². The van der Waals surface area contributed by atoms with E-state index in [1.165, 1.54) is 13.2 Å². The van der Waals surface area contributed by atoms with Crippen molar-refractivity contribution in [1.82, 2.24) is 13.1 Å². The van der Waals surface area contributed by atoms with E-state index in [0.29, 0.717) is 11.0 Å². The van der Waals surface area contributed by atoms with E-state index in [1.807, 2.05) is 0 Å². The second-order valence-electron chi connectivity index (χ2n) is 3.90. The largest absolute Gasteiger partial charge is 0.468 e. The molecule has 9 heteroatoms. The smallest absolute Gasteiger partial charge is 0.321 e. The van der Waals surface area contributed by atoms with Gasteiger partial charge in [-0.1, -0.05) is 13.0 Å². The number of carbonyl (C=O) groups is 1. The number of carbonyl (C=O) groups excluding carboxylic acids is 1. The second-order valence-corrected chi connectivity index (χ2v) is 6.33. The maximum absolute atomic E-state index is 12.6. The fourth-order valence-corrected chi connectivity index (χ4v) is 3.85. The van der Waals surface area contributed by atoms with Gasteiger partial charge in [0.05, 0.1) is 18.8 Å². The summed E-state index contributed by atoms with van der Waals surface area (Å²) in [6, 6.07) is 4.75. The van der Waals surface area contributed by atoms with Crippen LogP contribution in [0, 0.1) is 0 Å². The normalized spacial score (nSPS) is 11.9. The molecule has 0 fully saturated rings. The third-order valence-electron chi connectivity index (χ3n) is 2.75. The van der Waals surface area contributed by atoms with Crippen molar-refractivity contribution in [2.45, 2.75) is 11.8 Å². The highest BCUT2D eigenvalue weighted by Crippen LogP contribution is 2.24. The van der Waals surface area contributed by atoms with Crippen molar-refractivity contribution in [3.63, 3.8) is 0 Å². The van der Waals surface area contributed by atoms with E-state index in [0.717, 1.165) is 16.0 Å². The maximum atomic E-state index is 12.6. The number of ether oxygens (including phenoxy) is 1. The molecule has 20 heavy (non-hydrogen) atoms. The van der Waals surface area contributed by atoms with Crippen molar-refractivity contribution in [2.75, 3.05) is 20.2 Å². The zero-order chi connectivity index (χ0) is 14.8. The summed E-state index contributed by atoms with van der Waals surface area (Å²) in [6.45, 7) is 1.48. The first-order valence-corrected chi connectivity index (χ1v) is 7.96. The number of aromatic nitrogens is 2. The second kappa shape index (κ2) is 5.81. The average molecular weight is 315 g/mol. The summed E-state index contributed by atoms with van der Waals surface area (Å²) in [6.07, 6.45) is 0. The molecule has 0 aliphatic rings. The molecule has 0 N–H and O–H groups in total. The molecule has 7 nitrogen and oxygen atoms in total. The lowest BCUT2D eigenvalue weighted by Gasteiger charge is -2.19. The Morgan fingerprint density at radius 2 is 2.15 bits per heavy atom. The number of rotatable bonds is 5. The summed E-state index contributed by atoms with van der Waals surface area (Å²) in [7, 11) is -2.60. The number of fused-ring (bicyclic) bond motifs is 1. The Kier molecular flexibility index (Phi) is 4.31. The van der Waals surface area contributed by atoms with Crippen LogP contribution in [-0.2, 0) is 19.6 Å². The van der Waals surface area contributed by atoms with Crippen LogP contribution in [-0.4, -0.2) is 47.6 Å². The van der Waals surface area contributed by atoms with Gasteiger partial charge in [0.15, 0.2) is 0 Å². The van der Waals surface area contributed by atoms with Crippen LogP contribution in [0.3, 0.4) is 0 Å². The molecule has 0 unspecified atom stereocenters. The van der Waals surface area contributed by atoms with Gasteiger partial charge in [-0.2, -0.15) is 13.1 Å². The first-order valence-electron chi connectivity index (χ1n) is 5.79. The number of sulfonamides is 1. The molecular weight excluding hydrogens is 302 g/mol. The monoisotopic (exact) mass is 315 g/mol. The van der Waals surface area contributed by atoms with E-state index < -0.39 is 16.0 Å². The number of esters is 1. The van der Waals surface area contributed by atoms with E-state index in [1.54, 1.807) is 19.1 Å². The number of nitrogens with zero attached hydrogens (tertiary/aromatic N) is 3. The van der Waals surface area contributed by atoms with Crippen molar-refractivity contribution in [1.29, 1.82) is 0 Å². The highest BCUT2D eigenvalue weighted by atomic mass is 32.2. The molecule has 1 aromatic carbocycles. The van der Waals surface area contributed by atoms with E-state index in [4.69, 9.17) is 0 Å². The van der Waals surface area contributed by atoms with Crippen LogP contribution in [0.15, 0.2) is 23.1 Å². The summed E-state index contributed by atoms with van der Waals surface area (Å²) >= 11 is 0.946. The number of benzene rings is 1. The van der Waals surface area contributed by atoms with Gasteiger partial charge in [0.25, 0.3) is 0 Å². The molecule has 0 saturated heterocycles. The van der Waals surface area contributed by atoms with Gasteiger partial charge in [-0.25, -0.2) is 8.42 Å². The topological polar surface area (TPSA) is 89.5 Å². The zero-order valence-electron chi connectivity index (χ0n) is 10.9. The quantitative estimate of drug-likeness (QED) is 0.761. The Bertz CT molecular complexity index is 726. The minimum Gasteiger partial charge on any atom is -0.468 e. The molecule has 0 spiro atoms. The molecule has 0 aliphatic heterocycles. The third-order valence-corrected chi connectivity index (χ3v) is 5.25. The average Bonchev–Trinajstić information content (AvgIpc) is 2.92. The molecule has 0 aliphatic carbocycles. The fourth-order valence-electron chi connectivity index (χ4n) is 1.70. The van der Waals surface area contributed by atoms with Crippen molar-refractivity contribution in [3.05, 3.63) is 18.2 Å². The standard InChI is InChI=1S/C11H13N3O4S2/c1-3-14(7-10(15)18-2)20(16,17)9-6-4-5-8-11(9)13-19-12-8/h4-6H,3,7H2,1-2H3. The Balaban J connectivity index is 2.48. The van der Waals surface area contributed by atoms with Gasteiger partial charge in [0.1, 0.15) is 22.5 Å². The Morgan fingerprint density at radius 1 is 1.40 bits per heavy atom. The van der Waals surface area contributed by atoms with Crippen LogP contribution in [0.2, 0.25) is 0 Å². The van der Waals surface area contributed by atoms with E-state index in [9.17, 15) is 13.2 Å². The van der Waals surface area contributed by atoms with Crippen LogP contribution >= 0.6 is 11.7 Å². The van der Waals surface area contributed by atoms with Crippen molar-refractivity contribution < 1.29 is 17.9 Å². The van der Waals surface area contributed by atoms with Gasteiger partial charge in [-0.15, -0.1) is 0 Å². The number of methoxy groups -OCH3 is 1. The lowest BCUT2D eigenvalue weighted by atomic mass is 10.3. The number of hydrogen-bond donors (Lipinski definition) is 0. The van der Waals surface area contributed by atoms with Crippen LogP contribution in [0.25, 0.3) is 11.0 Å². The van der Waals surface area contributed by atoms with Crippen molar-refractivity contribution >= 4 is 38.8 Å². The molecule has 0 bridgehead atoms. The molecule has 1 heterocycles. The van der Waals surface area contributed by atoms with E-state index in [-0.39, 0.29) is 18.0 Å². The molecular formula is C11H13N3O4S2. The lowest BCUT2D eigenvalue weighted by molar-refractivity contribution is -0.140.